The van der Waals surface area contributed by atoms with Gasteiger partial charge in [-0.2, -0.15) is 0 Å². The molecule has 3 heteroatoms. The van der Waals surface area contributed by atoms with Crippen molar-refractivity contribution in [2.45, 2.75) is 20.4 Å². The Kier molecular flexibility index (Phi) is 5.41. The highest BCUT2D eigenvalue weighted by Crippen LogP contribution is 2.20. The predicted molar refractivity (Wildman–Crippen MR) is 63.6 cm³/mol. The van der Waals surface area contributed by atoms with Crippen molar-refractivity contribution >= 4 is 0 Å². The Hall–Kier alpha value is -1.10. The summed E-state index contributed by atoms with van der Waals surface area (Å²) in [6.45, 7) is 5.15. The lowest BCUT2D eigenvalue weighted by Crippen LogP contribution is -3.00. The van der Waals surface area contributed by atoms with E-state index in [2.05, 4.69) is 24.5 Å². The van der Waals surface area contributed by atoms with Gasteiger partial charge in [-0.05, 0) is 31.5 Å². The van der Waals surface area contributed by atoms with E-state index in [1.807, 2.05) is 42.7 Å². The Bertz CT molecular complexity index is 468. The van der Waals surface area contributed by atoms with Gasteiger partial charge in [0.05, 0.1) is 0 Å². The summed E-state index contributed by atoms with van der Waals surface area (Å²) < 4.78 is 7.85. The molecule has 0 aliphatic carbocycles. The van der Waals surface area contributed by atoms with Gasteiger partial charge >= 0.3 is 0 Å². The van der Waals surface area contributed by atoms with E-state index in [4.69, 9.17) is 4.74 Å². The number of hydrogen-bond acceptors (Lipinski definition) is 1. The molecule has 2 aromatic rings. The topological polar surface area (TPSA) is 13.1 Å². The number of benzene rings is 1. The summed E-state index contributed by atoms with van der Waals surface area (Å²) in [5, 5.41) is 0. The monoisotopic (exact) mass is 341 g/mol. The molecule has 1 aromatic heterocycles. The minimum atomic E-state index is 0. The fraction of sp³-hybridized carbons (Fsp3) is 0.214. The fourth-order valence-corrected chi connectivity index (χ4v) is 1.54. The molecule has 0 aliphatic rings. The Morgan fingerprint density at radius 1 is 1.06 bits per heavy atom. The second kappa shape index (κ2) is 6.59. The molecule has 1 heterocycles. The average molecular weight is 341 g/mol. The van der Waals surface area contributed by atoms with Gasteiger partial charge in [0.1, 0.15) is 18.0 Å². The predicted octanol–water partition coefficient (Wildman–Crippen LogP) is 0.0987. The van der Waals surface area contributed by atoms with Gasteiger partial charge in [-0.15, -0.1) is 0 Å². The maximum absolute atomic E-state index is 5.75. The van der Waals surface area contributed by atoms with Gasteiger partial charge in [-0.25, -0.2) is 4.57 Å². The first-order chi connectivity index (χ1) is 7.78. The Morgan fingerprint density at radius 2 is 1.76 bits per heavy atom. The van der Waals surface area contributed by atoms with E-state index in [-0.39, 0.29) is 24.0 Å². The number of aryl methyl sites for hydroxylation is 2. The van der Waals surface area contributed by atoms with Gasteiger partial charge in [0.2, 0.25) is 0 Å². The van der Waals surface area contributed by atoms with Gasteiger partial charge in [0.25, 0.3) is 0 Å². The molecule has 17 heavy (non-hydrogen) atoms. The lowest BCUT2D eigenvalue weighted by Gasteiger charge is -2.05. The summed E-state index contributed by atoms with van der Waals surface area (Å²) in [6.07, 6.45) is 4.04. The molecule has 90 valence electrons. The van der Waals surface area contributed by atoms with Gasteiger partial charge < -0.3 is 28.7 Å². The van der Waals surface area contributed by atoms with Crippen molar-refractivity contribution in [1.29, 1.82) is 0 Å². The largest absolute Gasteiger partial charge is 1.00 e. The van der Waals surface area contributed by atoms with E-state index in [0.717, 1.165) is 18.0 Å². The number of hydrogen-bond donors (Lipinski definition) is 0. The van der Waals surface area contributed by atoms with Crippen molar-refractivity contribution in [3.8, 4) is 11.5 Å². The zero-order chi connectivity index (χ0) is 11.4. The third kappa shape index (κ3) is 4.00. The maximum atomic E-state index is 5.75. The summed E-state index contributed by atoms with van der Waals surface area (Å²) in [5.41, 5.74) is 1.21. The summed E-state index contributed by atoms with van der Waals surface area (Å²) in [4.78, 5) is 0. The number of pyridine rings is 1. The van der Waals surface area contributed by atoms with Gasteiger partial charge in [0, 0.05) is 12.1 Å². The van der Waals surface area contributed by atoms with Crippen molar-refractivity contribution in [1.82, 2.24) is 0 Å². The van der Waals surface area contributed by atoms with Crippen molar-refractivity contribution in [2.24, 2.45) is 0 Å². The molecular weight excluding hydrogens is 325 g/mol. The van der Waals surface area contributed by atoms with Crippen LogP contribution in [0.3, 0.4) is 0 Å². The molecule has 0 amide bonds. The normalized spacial score (nSPS) is 9.53. The summed E-state index contributed by atoms with van der Waals surface area (Å²) in [6, 6.07) is 12.0. The third-order valence-corrected chi connectivity index (χ3v) is 2.45. The standard InChI is InChI=1S/C14H16NO.HI/c1-3-15-9-7-13(8-10-15)16-14-6-4-5-12(2)11-14;/h4-11H,3H2,1-2H3;1H/q+1;/p-1. The molecule has 1 aromatic carbocycles. The first-order valence-corrected chi connectivity index (χ1v) is 5.51. The van der Waals surface area contributed by atoms with Crippen LogP contribution >= 0.6 is 0 Å². The van der Waals surface area contributed by atoms with E-state index in [9.17, 15) is 0 Å². The zero-order valence-corrected chi connectivity index (χ0v) is 12.2. The molecule has 2 nitrogen and oxygen atoms in total. The maximum Gasteiger partial charge on any atom is 0.172 e. The number of halogens is 1. The minimum Gasteiger partial charge on any atom is -1.00 e. The number of aromatic nitrogens is 1. The molecule has 0 bridgehead atoms. The van der Waals surface area contributed by atoms with Gasteiger partial charge in [-0.3, -0.25) is 0 Å². The molecule has 0 unspecified atom stereocenters. The van der Waals surface area contributed by atoms with E-state index < -0.39 is 0 Å². The smallest absolute Gasteiger partial charge is 0.172 e. The summed E-state index contributed by atoms with van der Waals surface area (Å²) >= 11 is 0. The molecule has 0 aliphatic heterocycles. The molecule has 0 atom stereocenters. The van der Waals surface area contributed by atoms with Crippen molar-refractivity contribution < 1.29 is 33.3 Å². The lowest BCUT2D eigenvalue weighted by molar-refractivity contribution is -0.693. The lowest BCUT2D eigenvalue weighted by atomic mass is 10.2. The third-order valence-electron chi connectivity index (χ3n) is 2.45. The number of rotatable bonds is 3. The van der Waals surface area contributed by atoms with E-state index in [1.165, 1.54) is 5.56 Å². The average Bonchev–Trinajstić information content (AvgIpc) is 2.30. The molecular formula is C14H16INO. The molecule has 0 fully saturated rings. The van der Waals surface area contributed by atoms with Crippen molar-refractivity contribution in [2.75, 3.05) is 0 Å². The summed E-state index contributed by atoms with van der Waals surface area (Å²) in [5.74, 6) is 1.75. The Morgan fingerprint density at radius 3 is 2.35 bits per heavy atom. The van der Waals surface area contributed by atoms with Crippen LogP contribution in [-0.2, 0) is 6.54 Å². The molecule has 0 saturated carbocycles. The van der Waals surface area contributed by atoms with E-state index >= 15 is 0 Å². The zero-order valence-electron chi connectivity index (χ0n) is 10.1. The van der Waals surface area contributed by atoms with E-state index in [0.29, 0.717) is 0 Å². The SMILES string of the molecule is CC[n+]1ccc(Oc2cccc(C)c2)cc1.[I-]. The Balaban J connectivity index is 0.00000144. The Labute approximate surface area is 119 Å². The highest BCUT2D eigenvalue weighted by Gasteiger charge is 2.00. The van der Waals surface area contributed by atoms with Crippen LogP contribution in [0.25, 0.3) is 0 Å². The second-order valence-corrected chi connectivity index (χ2v) is 3.78. The highest BCUT2D eigenvalue weighted by atomic mass is 127. The van der Waals surface area contributed by atoms with Crippen LogP contribution < -0.4 is 33.3 Å². The minimum absolute atomic E-state index is 0. The van der Waals surface area contributed by atoms with Crippen LogP contribution in [0.15, 0.2) is 48.8 Å². The van der Waals surface area contributed by atoms with Gasteiger partial charge in [-0.1, -0.05) is 12.1 Å². The van der Waals surface area contributed by atoms with Crippen molar-refractivity contribution in [3.63, 3.8) is 0 Å². The molecule has 0 N–H and O–H groups in total. The molecule has 2 rings (SSSR count). The molecule has 0 radical (unpaired) electrons. The first kappa shape index (κ1) is 14.0. The number of nitrogens with zero attached hydrogens (tertiary/aromatic N) is 1. The van der Waals surface area contributed by atoms with Crippen molar-refractivity contribution in [3.05, 3.63) is 54.4 Å². The van der Waals surface area contributed by atoms with Crippen LogP contribution in [0.4, 0.5) is 0 Å². The molecule has 0 spiro atoms. The first-order valence-electron chi connectivity index (χ1n) is 5.51. The fourth-order valence-electron chi connectivity index (χ4n) is 1.54. The van der Waals surface area contributed by atoms with Gasteiger partial charge in [0.15, 0.2) is 12.4 Å². The second-order valence-electron chi connectivity index (χ2n) is 3.78. The van der Waals surface area contributed by atoms with Crippen LogP contribution in [0, 0.1) is 6.92 Å². The van der Waals surface area contributed by atoms with Crippen LogP contribution in [0.2, 0.25) is 0 Å². The summed E-state index contributed by atoms with van der Waals surface area (Å²) in [7, 11) is 0. The quantitative estimate of drug-likeness (QED) is 0.570. The number of ether oxygens (including phenoxy) is 1. The van der Waals surface area contributed by atoms with Crippen LogP contribution in [-0.4, -0.2) is 0 Å². The van der Waals surface area contributed by atoms with E-state index in [1.54, 1.807) is 0 Å². The van der Waals surface area contributed by atoms with Crippen LogP contribution in [0.5, 0.6) is 11.5 Å². The van der Waals surface area contributed by atoms with Crippen LogP contribution in [0.1, 0.15) is 12.5 Å². The highest BCUT2D eigenvalue weighted by molar-refractivity contribution is 5.32. The molecule has 0 saturated heterocycles.